The van der Waals surface area contributed by atoms with Crippen molar-refractivity contribution in [2.75, 3.05) is 33.4 Å². The van der Waals surface area contributed by atoms with Crippen molar-refractivity contribution in [2.24, 2.45) is 5.92 Å². The second-order valence-corrected chi connectivity index (χ2v) is 5.98. The number of benzene rings is 1. The highest BCUT2D eigenvalue weighted by Gasteiger charge is 2.20. The maximum Gasteiger partial charge on any atom is 0.0802 e. The van der Waals surface area contributed by atoms with E-state index in [1.54, 1.807) is 7.11 Å². The van der Waals surface area contributed by atoms with E-state index in [9.17, 15) is 5.11 Å². The van der Waals surface area contributed by atoms with Crippen LogP contribution in [-0.2, 0) is 4.74 Å². The SMILES string of the molecule is COCC1CCCN(CCC(O)c2cccc(C)c2)C1. The molecule has 1 N–H and O–H groups in total. The largest absolute Gasteiger partial charge is 0.388 e. The molecule has 0 bridgehead atoms. The average Bonchev–Trinajstić information content (AvgIpc) is 2.45. The summed E-state index contributed by atoms with van der Waals surface area (Å²) in [5.74, 6) is 0.657. The standard InChI is InChI=1S/C17H27NO2/c1-14-5-3-7-16(11-14)17(19)8-10-18-9-4-6-15(12-18)13-20-2/h3,5,7,11,15,17,19H,4,6,8-10,12-13H2,1-2H3. The first-order chi connectivity index (χ1) is 9.69. The van der Waals surface area contributed by atoms with Gasteiger partial charge in [0.2, 0.25) is 0 Å². The van der Waals surface area contributed by atoms with E-state index in [1.165, 1.54) is 18.4 Å². The Bertz CT molecular complexity index is 406. The quantitative estimate of drug-likeness (QED) is 0.868. The molecule has 0 aromatic heterocycles. The van der Waals surface area contributed by atoms with Crippen molar-refractivity contribution in [2.45, 2.75) is 32.3 Å². The molecule has 2 atom stereocenters. The van der Waals surface area contributed by atoms with Gasteiger partial charge in [-0.1, -0.05) is 29.8 Å². The van der Waals surface area contributed by atoms with E-state index < -0.39 is 0 Å². The first kappa shape index (κ1) is 15.5. The summed E-state index contributed by atoms with van der Waals surface area (Å²) < 4.78 is 5.26. The van der Waals surface area contributed by atoms with Gasteiger partial charge in [-0.2, -0.15) is 0 Å². The van der Waals surface area contributed by atoms with E-state index in [-0.39, 0.29) is 6.10 Å². The lowest BCUT2D eigenvalue weighted by atomic mass is 9.98. The molecule has 3 heteroatoms. The van der Waals surface area contributed by atoms with Gasteiger partial charge in [0.1, 0.15) is 0 Å². The van der Waals surface area contributed by atoms with Crippen molar-refractivity contribution in [3.8, 4) is 0 Å². The molecule has 1 fully saturated rings. The molecule has 0 aliphatic carbocycles. The molecule has 3 nitrogen and oxygen atoms in total. The fourth-order valence-corrected chi connectivity index (χ4v) is 3.08. The maximum absolute atomic E-state index is 10.3. The van der Waals surface area contributed by atoms with Crippen LogP contribution >= 0.6 is 0 Å². The van der Waals surface area contributed by atoms with Crippen molar-refractivity contribution < 1.29 is 9.84 Å². The van der Waals surface area contributed by atoms with Gasteiger partial charge in [-0.15, -0.1) is 0 Å². The van der Waals surface area contributed by atoms with Gasteiger partial charge in [-0.05, 0) is 44.2 Å². The molecule has 0 spiro atoms. The third kappa shape index (κ3) is 4.58. The van der Waals surface area contributed by atoms with Crippen molar-refractivity contribution in [1.29, 1.82) is 0 Å². The van der Waals surface area contributed by atoms with Gasteiger partial charge < -0.3 is 14.7 Å². The fourth-order valence-electron chi connectivity index (χ4n) is 3.08. The Morgan fingerprint density at radius 1 is 1.45 bits per heavy atom. The minimum absolute atomic E-state index is 0.349. The summed E-state index contributed by atoms with van der Waals surface area (Å²) in [7, 11) is 1.78. The minimum Gasteiger partial charge on any atom is -0.388 e. The van der Waals surface area contributed by atoms with Crippen LogP contribution in [0.3, 0.4) is 0 Å². The molecule has 112 valence electrons. The smallest absolute Gasteiger partial charge is 0.0802 e. The first-order valence-electron chi connectivity index (χ1n) is 7.65. The second-order valence-electron chi connectivity index (χ2n) is 5.98. The first-order valence-corrected chi connectivity index (χ1v) is 7.65. The third-order valence-corrected chi connectivity index (χ3v) is 4.15. The van der Waals surface area contributed by atoms with E-state index in [1.807, 2.05) is 12.1 Å². The zero-order chi connectivity index (χ0) is 14.4. The number of aliphatic hydroxyl groups is 1. The summed E-state index contributed by atoms with van der Waals surface area (Å²) in [4.78, 5) is 2.46. The van der Waals surface area contributed by atoms with Gasteiger partial charge in [0, 0.05) is 20.2 Å². The highest BCUT2D eigenvalue weighted by molar-refractivity contribution is 5.23. The number of likely N-dealkylation sites (tertiary alicyclic amines) is 1. The molecule has 1 aliphatic rings. The van der Waals surface area contributed by atoms with E-state index in [2.05, 4.69) is 24.0 Å². The molecule has 0 amide bonds. The summed E-state index contributed by atoms with van der Waals surface area (Å²) >= 11 is 0. The molecule has 1 saturated heterocycles. The summed E-state index contributed by atoms with van der Waals surface area (Å²) in [6.07, 6.45) is 2.97. The monoisotopic (exact) mass is 277 g/mol. The zero-order valence-electron chi connectivity index (χ0n) is 12.7. The molecule has 2 rings (SSSR count). The van der Waals surface area contributed by atoms with Gasteiger partial charge in [0.25, 0.3) is 0 Å². The summed E-state index contributed by atoms with van der Waals surface area (Å²) in [6.45, 7) is 6.15. The lowest BCUT2D eigenvalue weighted by Gasteiger charge is -2.32. The number of methoxy groups -OCH3 is 1. The van der Waals surface area contributed by atoms with Crippen molar-refractivity contribution in [3.05, 3.63) is 35.4 Å². The number of rotatable bonds is 6. The Morgan fingerprint density at radius 3 is 3.05 bits per heavy atom. The lowest BCUT2D eigenvalue weighted by Crippen LogP contribution is -2.38. The fraction of sp³-hybridized carbons (Fsp3) is 0.647. The highest BCUT2D eigenvalue weighted by atomic mass is 16.5. The van der Waals surface area contributed by atoms with Gasteiger partial charge in [-0.3, -0.25) is 0 Å². The molecule has 1 aromatic rings. The predicted molar refractivity (Wildman–Crippen MR) is 81.8 cm³/mol. The Balaban J connectivity index is 1.79. The van der Waals surface area contributed by atoms with Gasteiger partial charge in [0.15, 0.2) is 0 Å². The topological polar surface area (TPSA) is 32.7 Å². The van der Waals surface area contributed by atoms with Crippen LogP contribution in [0.4, 0.5) is 0 Å². The number of piperidine rings is 1. The molecule has 0 saturated carbocycles. The number of aliphatic hydroxyl groups excluding tert-OH is 1. The molecule has 1 heterocycles. The van der Waals surface area contributed by atoms with E-state index in [0.29, 0.717) is 5.92 Å². The Morgan fingerprint density at radius 2 is 2.30 bits per heavy atom. The molecule has 20 heavy (non-hydrogen) atoms. The van der Waals surface area contributed by atoms with Crippen molar-refractivity contribution >= 4 is 0 Å². The number of nitrogens with zero attached hydrogens (tertiary/aromatic N) is 1. The van der Waals surface area contributed by atoms with E-state index in [0.717, 1.165) is 38.2 Å². The Labute approximate surface area is 122 Å². The summed E-state index contributed by atoms with van der Waals surface area (Å²) in [5.41, 5.74) is 2.25. The van der Waals surface area contributed by atoms with Crippen LogP contribution in [0.5, 0.6) is 0 Å². The number of aryl methyl sites for hydroxylation is 1. The molecular weight excluding hydrogens is 250 g/mol. The maximum atomic E-state index is 10.3. The van der Waals surface area contributed by atoms with Crippen LogP contribution in [0.2, 0.25) is 0 Å². The summed E-state index contributed by atoms with van der Waals surface area (Å²) in [5, 5.41) is 10.3. The second kappa shape index (κ2) is 7.77. The van der Waals surface area contributed by atoms with Crippen LogP contribution in [0.15, 0.2) is 24.3 Å². The number of hydrogen-bond donors (Lipinski definition) is 1. The lowest BCUT2D eigenvalue weighted by molar-refractivity contribution is 0.0779. The Hall–Kier alpha value is -0.900. The molecule has 1 aliphatic heterocycles. The van der Waals surface area contributed by atoms with Gasteiger partial charge in [0.05, 0.1) is 12.7 Å². The normalized spacial score (nSPS) is 21.9. The van der Waals surface area contributed by atoms with E-state index in [4.69, 9.17) is 4.74 Å². The van der Waals surface area contributed by atoms with Crippen LogP contribution in [0.1, 0.15) is 36.5 Å². The number of hydrogen-bond acceptors (Lipinski definition) is 3. The average molecular weight is 277 g/mol. The predicted octanol–water partition coefficient (Wildman–Crippen LogP) is 2.78. The number of ether oxygens (including phenoxy) is 1. The molecule has 2 unspecified atom stereocenters. The molecule has 1 aromatic carbocycles. The van der Waals surface area contributed by atoms with Crippen LogP contribution < -0.4 is 0 Å². The minimum atomic E-state index is -0.349. The van der Waals surface area contributed by atoms with Crippen LogP contribution in [0.25, 0.3) is 0 Å². The van der Waals surface area contributed by atoms with Gasteiger partial charge in [-0.25, -0.2) is 0 Å². The van der Waals surface area contributed by atoms with Crippen molar-refractivity contribution in [1.82, 2.24) is 4.90 Å². The van der Waals surface area contributed by atoms with Crippen molar-refractivity contribution in [3.63, 3.8) is 0 Å². The van der Waals surface area contributed by atoms with Crippen LogP contribution in [-0.4, -0.2) is 43.4 Å². The third-order valence-electron chi connectivity index (χ3n) is 4.15. The molecule has 0 radical (unpaired) electrons. The molecular formula is C17H27NO2. The van der Waals surface area contributed by atoms with E-state index >= 15 is 0 Å². The van der Waals surface area contributed by atoms with Gasteiger partial charge >= 0.3 is 0 Å². The highest BCUT2D eigenvalue weighted by Crippen LogP contribution is 2.21. The zero-order valence-corrected chi connectivity index (χ0v) is 12.7. The summed E-state index contributed by atoms with van der Waals surface area (Å²) in [6, 6.07) is 8.18. The Kier molecular flexibility index (Phi) is 6.02. The van der Waals surface area contributed by atoms with Crippen LogP contribution in [0, 0.1) is 12.8 Å².